The van der Waals surface area contributed by atoms with E-state index in [9.17, 15) is 0 Å². The van der Waals surface area contributed by atoms with E-state index < -0.39 is 0 Å². The topological polar surface area (TPSA) is 95.4 Å². The monoisotopic (exact) mass is 304 g/mol. The highest BCUT2D eigenvalue weighted by atomic mass is 16.5. The van der Waals surface area contributed by atoms with Crippen LogP contribution in [0.5, 0.6) is 5.75 Å². The summed E-state index contributed by atoms with van der Waals surface area (Å²) >= 11 is 0. The number of nitrogen functional groups attached to an aromatic ring is 1. The minimum atomic E-state index is -0.0280. The molecule has 2 rings (SSSR count). The van der Waals surface area contributed by atoms with Crippen LogP contribution in [0.3, 0.4) is 0 Å². The summed E-state index contributed by atoms with van der Waals surface area (Å²) in [4.78, 5) is 2.24. The van der Waals surface area contributed by atoms with Crippen molar-refractivity contribution >= 4 is 17.5 Å². The minimum absolute atomic E-state index is 0.0280. The molecular weight excluding hydrogens is 280 g/mol. The predicted molar refractivity (Wildman–Crippen MR) is 88.0 cm³/mol. The second-order valence-corrected chi connectivity index (χ2v) is 5.78. The van der Waals surface area contributed by atoms with Gasteiger partial charge in [-0.1, -0.05) is 0 Å². The van der Waals surface area contributed by atoms with Gasteiger partial charge in [-0.25, -0.2) is 0 Å². The Morgan fingerprint density at radius 3 is 2.50 bits per heavy atom. The van der Waals surface area contributed by atoms with Crippen LogP contribution in [0.25, 0.3) is 0 Å². The smallest absolute Gasteiger partial charge is 0.221 e. The van der Waals surface area contributed by atoms with E-state index in [0.29, 0.717) is 17.0 Å². The maximum atomic E-state index is 8.13. The van der Waals surface area contributed by atoms with Crippen molar-refractivity contribution in [1.29, 1.82) is 10.8 Å². The van der Waals surface area contributed by atoms with Gasteiger partial charge in [0.05, 0.1) is 12.8 Å². The zero-order valence-corrected chi connectivity index (χ0v) is 13.4. The van der Waals surface area contributed by atoms with Gasteiger partial charge in [0.2, 0.25) is 5.90 Å². The number of rotatable bonds is 3. The molecule has 6 heteroatoms. The van der Waals surface area contributed by atoms with Crippen LogP contribution in [-0.2, 0) is 4.74 Å². The van der Waals surface area contributed by atoms with E-state index in [2.05, 4.69) is 11.9 Å². The number of nitrogens with two attached hydrogens (primary N) is 1. The fraction of sp³-hybridized carbons (Fsp3) is 0.500. The number of aryl methyl sites for hydroxylation is 1. The summed E-state index contributed by atoms with van der Waals surface area (Å²) in [6.45, 7) is 3.78. The van der Waals surface area contributed by atoms with Crippen molar-refractivity contribution in [3.05, 3.63) is 23.3 Å². The van der Waals surface area contributed by atoms with Gasteiger partial charge in [-0.2, -0.15) is 0 Å². The average Bonchev–Trinajstić information content (AvgIpc) is 2.47. The van der Waals surface area contributed by atoms with E-state index in [0.717, 1.165) is 31.5 Å². The summed E-state index contributed by atoms with van der Waals surface area (Å²) in [5.41, 5.74) is 7.81. The number of nitrogens with zero attached hydrogens (tertiary/aromatic N) is 1. The first-order chi connectivity index (χ1) is 10.4. The lowest BCUT2D eigenvalue weighted by atomic mass is 9.97. The standard InChI is InChI=1S/C16H24N4O2/c1-10-8-13(17)14(21-3)9-12(10)16(19)22-15(18)11-4-6-20(2)7-5-11/h8-9,11,18-19H,4-7,17H2,1-3H3. The Labute approximate surface area is 131 Å². The molecule has 0 amide bonds. The Morgan fingerprint density at radius 1 is 1.27 bits per heavy atom. The van der Waals surface area contributed by atoms with Crippen molar-refractivity contribution in [2.45, 2.75) is 19.8 Å². The molecule has 1 aliphatic heterocycles. The largest absolute Gasteiger partial charge is 0.495 e. The van der Waals surface area contributed by atoms with E-state index in [1.54, 1.807) is 12.1 Å². The van der Waals surface area contributed by atoms with Crippen LogP contribution in [0, 0.1) is 23.7 Å². The molecule has 0 spiro atoms. The fourth-order valence-corrected chi connectivity index (χ4v) is 2.65. The summed E-state index contributed by atoms with van der Waals surface area (Å²) in [5.74, 6) is 0.750. The van der Waals surface area contributed by atoms with Gasteiger partial charge in [-0.15, -0.1) is 0 Å². The molecule has 4 N–H and O–H groups in total. The van der Waals surface area contributed by atoms with Gasteiger partial charge in [0.25, 0.3) is 0 Å². The minimum Gasteiger partial charge on any atom is -0.495 e. The number of nitrogens with one attached hydrogen (secondary N) is 2. The van der Waals surface area contributed by atoms with Crippen LogP contribution in [0.4, 0.5) is 5.69 Å². The van der Waals surface area contributed by atoms with Crippen molar-refractivity contribution in [2.75, 3.05) is 33.0 Å². The molecular formula is C16H24N4O2. The number of hydrogen-bond acceptors (Lipinski definition) is 6. The Kier molecular flexibility index (Phi) is 5.03. The molecule has 6 nitrogen and oxygen atoms in total. The highest BCUT2D eigenvalue weighted by Crippen LogP contribution is 2.26. The van der Waals surface area contributed by atoms with Crippen molar-refractivity contribution in [2.24, 2.45) is 5.92 Å². The number of piperidine rings is 1. The molecule has 0 aliphatic carbocycles. The zero-order chi connectivity index (χ0) is 16.3. The average molecular weight is 304 g/mol. The SMILES string of the molecule is COc1cc(C(=N)OC(=N)C2CCN(C)CC2)c(C)cc1N. The molecule has 0 bridgehead atoms. The van der Waals surface area contributed by atoms with E-state index >= 15 is 0 Å². The normalized spacial score (nSPS) is 16.3. The molecule has 1 aromatic rings. The summed E-state index contributed by atoms with van der Waals surface area (Å²) in [7, 11) is 3.61. The number of ether oxygens (including phenoxy) is 2. The Balaban J connectivity index is 2.07. The number of hydrogen-bond donors (Lipinski definition) is 3. The lowest BCUT2D eigenvalue weighted by Crippen LogP contribution is -2.34. The molecule has 1 fully saturated rings. The van der Waals surface area contributed by atoms with Crippen LogP contribution in [-0.4, -0.2) is 43.9 Å². The molecule has 1 heterocycles. The number of anilines is 1. The maximum absolute atomic E-state index is 8.13. The maximum Gasteiger partial charge on any atom is 0.221 e. The third-order valence-electron chi connectivity index (χ3n) is 4.12. The van der Waals surface area contributed by atoms with Crippen molar-refractivity contribution in [3.8, 4) is 5.75 Å². The lowest BCUT2D eigenvalue weighted by Gasteiger charge is -2.28. The van der Waals surface area contributed by atoms with Crippen LogP contribution in [0.1, 0.15) is 24.0 Å². The third kappa shape index (κ3) is 3.57. The summed E-state index contributed by atoms with van der Waals surface area (Å²) < 4.78 is 10.7. The first kappa shape index (κ1) is 16.3. The van der Waals surface area contributed by atoms with Crippen LogP contribution >= 0.6 is 0 Å². The zero-order valence-electron chi connectivity index (χ0n) is 13.4. The Hall–Kier alpha value is -2.08. The highest BCUT2D eigenvalue weighted by Gasteiger charge is 2.23. The molecule has 1 aromatic carbocycles. The van der Waals surface area contributed by atoms with Gasteiger partial charge < -0.3 is 20.1 Å². The first-order valence-corrected chi connectivity index (χ1v) is 7.40. The van der Waals surface area contributed by atoms with E-state index in [-0.39, 0.29) is 17.7 Å². The number of methoxy groups -OCH3 is 1. The molecule has 0 aromatic heterocycles. The van der Waals surface area contributed by atoms with Crippen LogP contribution in [0.2, 0.25) is 0 Å². The molecule has 0 saturated carbocycles. The van der Waals surface area contributed by atoms with Crippen molar-refractivity contribution in [3.63, 3.8) is 0 Å². The number of likely N-dealkylation sites (tertiary alicyclic amines) is 1. The summed E-state index contributed by atoms with van der Waals surface area (Å²) in [6.07, 6.45) is 1.79. The molecule has 120 valence electrons. The van der Waals surface area contributed by atoms with Crippen LogP contribution in [0.15, 0.2) is 12.1 Å². The van der Waals surface area contributed by atoms with Crippen molar-refractivity contribution < 1.29 is 9.47 Å². The van der Waals surface area contributed by atoms with Gasteiger partial charge >= 0.3 is 0 Å². The quantitative estimate of drug-likeness (QED) is 0.453. The predicted octanol–water partition coefficient (Wildman–Crippen LogP) is 2.25. The molecule has 1 saturated heterocycles. The second kappa shape index (κ2) is 6.79. The lowest BCUT2D eigenvalue weighted by molar-refractivity contribution is 0.240. The molecule has 0 atom stereocenters. The van der Waals surface area contributed by atoms with Crippen LogP contribution < -0.4 is 10.5 Å². The third-order valence-corrected chi connectivity index (χ3v) is 4.12. The molecule has 22 heavy (non-hydrogen) atoms. The summed E-state index contributed by atoms with van der Waals surface area (Å²) in [6, 6.07) is 3.44. The van der Waals surface area contributed by atoms with E-state index in [1.165, 1.54) is 7.11 Å². The van der Waals surface area contributed by atoms with Gasteiger partial charge in [-0.3, -0.25) is 10.8 Å². The van der Waals surface area contributed by atoms with Gasteiger partial charge in [0.15, 0.2) is 5.90 Å². The molecule has 0 radical (unpaired) electrons. The Bertz CT molecular complexity index is 578. The van der Waals surface area contributed by atoms with Gasteiger partial charge in [-0.05, 0) is 57.6 Å². The van der Waals surface area contributed by atoms with E-state index in [1.807, 2.05) is 6.92 Å². The fourth-order valence-electron chi connectivity index (χ4n) is 2.65. The number of benzene rings is 1. The first-order valence-electron chi connectivity index (χ1n) is 7.40. The molecule has 1 aliphatic rings. The highest BCUT2D eigenvalue weighted by molar-refractivity contribution is 6.01. The molecule has 0 unspecified atom stereocenters. The van der Waals surface area contributed by atoms with Gasteiger partial charge in [0.1, 0.15) is 5.75 Å². The second-order valence-electron chi connectivity index (χ2n) is 5.78. The van der Waals surface area contributed by atoms with Gasteiger partial charge in [0, 0.05) is 11.5 Å². The summed E-state index contributed by atoms with van der Waals surface area (Å²) in [5, 5.41) is 16.2. The Morgan fingerprint density at radius 2 is 1.91 bits per heavy atom. The van der Waals surface area contributed by atoms with E-state index in [4.69, 9.17) is 26.0 Å². The van der Waals surface area contributed by atoms with Crippen molar-refractivity contribution in [1.82, 2.24) is 4.90 Å².